The van der Waals surface area contributed by atoms with E-state index in [9.17, 15) is 18.8 Å². The SMILES string of the molecule is COC(=O)[C@H]1CC[C@H](OC[C@@H]2C[C@H](F)CN2C(=O)Cc2cc(Cl)c(NC(=O)c3n[nH]c4ccccc34)cc2F)CC1. The maximum atomic E-state index is 15.1. The number of likely N-dealkylation sites (tertiary alicyclic amines) is 1. The minimum absolute atomic E-state index is 0.0336. The van der Waals surface area contributed by atoms with Crippen molar-refractivity contribution in [3.05, 3.63) is 58.5 Å². The Labute approximate surface area is 240 Å². The molecule has 2 aliphatic rings. The number of alkyl halides is 1. The molecule has 1 aliphatic heterocycles. The lowest BCUT2D eigenvalue weighted by Gasteiger charge is -2.30. The average Bonchev–Trinajstić information content (AvgIpc) is 3.57. The maximum Gasteiger partial charge on any atom is 0.308 e. The van der Waals surface area contributed by atoms with Gasteiger partial charge in [-0.15, -0.1) is 0 Å². The number of halogens is 3. The first kappa shape index (κ1) is 28.9. The van der Waals surface area contributed by atoms with Crippen LogP contribution < -0.4 is 5.32 Å². The van der Waals surface area contributed by atoms with Crippen molar-refractivity contribution in [3.8, 4) is 0 Å². The number of nitrogens with zero attached hydrogens (tertiary/aromatic N) is 2. The van der Waals surface area contributed by atoms with Gasteiger partial charge in [0.15, 0.2) is 5.69 Å². The van der Waals surface area contributed by atoms with Gasteiger partial charge in [0.25, 0.3) is 5.91 Å². The van der Waals surface area contributed by atoms with Crippen LogP contribution in [0.25, 0.3) is 10.9 Å². The molecule has 12 heteroatoms. The van der Waals surface area contributed by atoms with Crippen molar-refractivity contribution < 1.29 is 32.6 Å². The molecule has 1 saturated heterocycles. The summed E-state index contributed by atoms with van der Waals surface area (Å²) in [5, 5.41) is 10.0. The van der Waals surface area contributed by atoms with Crippen LogP contribution >= 0.6 is 11.6 Å². The number of amides is 2. The highest BCUT2D eigenvalue weighted by atomic mass is 35.5. The number of methoxy groups -OCH3 is 1. The van der Waals surface area contributed by atoms with Gasteiger partial charge in [0.2, 0.25) is 5.91 Å². The van der Waals surface area contributed by atoms with Gasteiger partial charge in [0.05, 0.1) is 61.0 Å². The highest BCUT2D eigenvalue weighted by molar-refractivity contribution is 6.34. The number of aromatic nitrogens is 2. The molecule has 0 bridgehead atoms. The van der Waals surface area contributed by atoms with Crippen LogP contribution in [0.15, 0.2) is 36.4 Å². The van der Waals surface area contributed by atoms with Crippen LogP contribution in [0.1, 0.15) is 48.2 Å². The number of fused-ring (bicyclic) bond motifs is 1. The fourth-order valence-electron chi connectivity index (χ4n) is 5.60. The van der Waals surface area contributed by atoms with Gasteiger partial charge in [0.1, 0.15) is 12.0 Å². The van der Waals surface area contributed by atoms with Gasteiger partial charge < -0.3 is 19.7 Å². The number of H-pyrrole nitrogens is 1. The molecule has 2 aromatic carbocycles. The summed E-state index contributed by atoms with van der Waals surface area (Å²) >= 11 is 6.35. The van der Waals surface area contributed by atoms with Gasteiger partial charge in [-0.3, -0.25) is 19.5 Å². The van der Waals surface area contributed by atoms with Crippen molar-refractivity contribution in [2.75, 3.05) is 25.6 Å². The summed E-state index contributed by atoms with van der Waals surface area (Å²) in [7, 11) is 1.38. The number of ether oxygens (including phenoxy) is 2. The number of rotatable bonds is 8. The van der Waals surface area contributed by atoms with Crippen LogP contribution in [0.2, 0.25) is 5.02 Å². The Balaban J connectivity index is 1.19. The molecule has 41 heavy (non-hydrogen) atoms. The zero-order valence-electron chi connectivity index (χ0n) is 22.5. The predicted molar refractivity (Wildman–Crippen MR) is 148 cm³/mol. The van der Waals surface area contributed by atoms with E-state index in [4.69, 9.17) is 21.1 Å². The van der Waals surface area contributed by atoms with E-state index in [1.807, 2.05) is 0 Å². The van der Waals surface area contributed by atoms with Crippen LogP contribution in [0.5, 0.6) is 0 Å². The van der Waals surface area contributed by atoms with E-state index in [0.29, 0.717) is 36.6 Å². The Morgan fingerprint density at radius 2 is 1.93 bits per heavy atom. The van der Waals surface area contributed by atoms with Gasteiger partial charge >= 0.3 is 5.97 Å². The Morgan fingerprint density at radius 3 is 2.68 bits per heavy atom. The summed E-state index contributed by atoms with van der Waals surface area (Å²) in [4.78, 5) is 39.1. The first-order chi connectivity index (χ1) is 19.7. The molecule has 2 amide bonds. The van der Waals surface area contributed by atoms with E-state index in [0.717, 1.165) is 6.07 Å². The summed E-state index contributed by atoms with van der Waals surface area (Å²) in [6.45, 7) is 0.0683. The first-order valence-electron chi connectivity index (χ1n) is 13.6. The minimum atomic E-state index is -1.20. The third kappa shape index (κ3) is 6.51. The molecule has 5 rings (SSSR count). The molecule has 1 aromatic heterocycles. The third-order valence-corrected chi connectivity index (χ3v) is 8.14. The number of hydrogen-bond acceptors (Lipinski definition) is 6. The number of nitrogens with one attached hydrogen (secondary N) is 2. The molecule has 0 unspecified atom stereocenters. The van der Waals surface area contributed by atoms with Crippen molar-refractivity contribution in [2.45, 2.75) is 56.8 Å². The van der Waals surface area contributed by atoms with Crippen molar-refractivity contribution in [1.82, 2.24) is 15.1 Å². The number of hydrogen-bond donors (Lipinski definition) is 2. The number of anilines is 1. The molecule has 2 N–H and O–H groups in total. The van der Waals surface area contributed by atoms with Crippen LogP contribution in [-0.2, 0) is 25.5 Å². The molecule has 0 spiro atoms. The minimum Gasteiger partial charge on any atom is -0.469 e. The third-order valence-electron chi connectivity index (χ3n) is 7.83. The number of benzene rings is 2. The molecule has 9 nitrogen and oxygen atoms in total. The van der Waals surface area contributed by atoms with E-state index in [1.54, 1.807) is 24.3 Å². The zero-order valence-corrected chi connectivity index (χ0v) is 23.3. The van der Waals surface area contributed by atoms with Gasteiger partial charge in [-0.25, -0.2) is 8.78 Å². The maximum absolute atomic E-state index is 15.1. The van der Waals surface area contributed by atoms with Crippen LogP contribution in [0.4, 0.5) is 14.5 Å². The molecular weight excluding hydrogens is 558 g/mol. The smallest absolute Gasteiger partial charge is 0.308 e. The Hall–Kier alpha value is -3.57. The quantitative estimate of drug-likeness (QED) is 0.364. The van der Waals surface area contributed by atoms with Gasteiger partial charge in [-0.1, -0.05) is 29.8 Å². The largest absolute Gasteiger partial charge is 0.469 e. The van der Waals surface area contributed by atoms with Gasteiger partial charge in [-0.05, 0) is 49.4 Å². The van der Waals surface area contributed by atoms with Crippen molar-refractivity contribution in [3.63, 3.8) is 0 Å². The average molecular weight is 589 g/mol. The Morgan fingerprint density at radius 1 is 1.17 bits per heavy atom. The summed E-state index contributed by atoms with van der Waals surface area (Å²) in [5.41, 5.74) is 0.883. The topological polar surface area (TPSA) is 114 Å². The molecule has 1 saturated carbocycles. The summed E-state index contributed by atoms with van der Waals surface area (Å²) < 4.78 is 40.2. The van der Waals surface area contributed by atoms with Gasteiger partial charge in [-0.2, -0.15) is 5.10 Å². The second-order valence-corrected chi connectivity index (χ2v) is 10.9. The highest BCUT2D eigenvalue weighted by Crippen LogP contribution is 2.30. The Bertz CT molecular complexity index is 1440. The van der Waals surface area contributed by atoms with Crippen LogP contribution in [0.3, 0.4) is 0 Å². The predicted octanol–water partition coefficient (Wildman–Crippen LogP) is 4.84. The molecule has 0 radical (unpaired) electrons. The molecule has 1 aliphatic carbocycles. The summed E-state index contributed by atoms with van der Waals surface area (Å²) in [5.74, 6) is -2.09. The molecule has 2 atom stereocenters. The number of carbonyl (C=O) groups excluding carboxylic acids is 3. The van der Waals surface area contributed by atoms with Crippen LogP contribution in [-0.4, -0.2) is 71.5 Å². The van der Waals surface area contributed by atoms with E-state index < -0.39 is 29.8 Å². The lowest BCUT2D eigenvalue weighted by atomic mass is 9.87. The monoisotopic (exact) mass is 588 g/mol. The fourth-order valence-corrected chi connectivity index (χ4v) is 5.84. The van der Waals surface area contributed by atoms with E-state index >= 15 is 4.39 Å². The van der Waals surface area contributed by atoms with Crippen molar-refractivity contribution in [1.29, 1.82) is 0 Å². The zero-order chi connectivity index (χ0) is 29.1. The summed E-state index contributed by atoms with van der Waals surface area (Å²) in [6, 6.07) is 8.96. The second kappa shape index (κ2) is 12.5. The standard InChI is InChI=1S/C29H31ClF2N4O5/c1-40-29(39)16-6-8-20(9-7-16)41-15-19-12-18(31)14-36(19)26(37)11-17-10-22(30)25(13-23(17)32)33-28(38)27-21-4-2-3-5-24(21)34-35-27/h2-5,10,13,16,18-20H,6-9,11-12,14-15H2,1H3,(H,33,38)(H,34,35)/t16-,18-,19-,20-/m0/s1. The van der Waals surface area contributed by atoms with Crippen LogP contribution in [0, 0.1) is 11.7 Å². The van der Waals surface area contributed by atoms with E-state index in [1.165, 1.54) is 18.1 Å². The number of carbonyl (C=O) groups is 3. The van der Waals surface area contributed by atoms with E-state index in [2.05, 4.69) is 15.5 Å². The Kier molecular flexibility index (Phi) is 8.84. The lowest BCUT2D eigenvalue weighted by molar-refractivity contribution is -0.148. The molecule has 3 aromatic rings. The highest BCUT2D eigenvalue weighted by Gasteiger charge is 2.37. The first-order valence-corrected chi connectivity index (χ1v) is 14.0. The van der Waals surface area contributed by atoms with E-state index in [-0.39, 0.29) is 66.0 Å². The lowest BCUT2D eigenvalue weighted by Crippen LogP contribution is -2.40. The molecular formula is C29H31ClF2N4O5. The number of aromatic amines is 1. The number of para-hydroxylation sites is 1. The second-order valence-electron chi connectivity index (χ2n) is 10.5. The molecule has 218 valence electrons. The number of esters is 1. The molecule has 2 heterocycles. The fraction of sp³-hybridized carbons (Fsp3) is 0.448. The van der Waals surface area contributed by atoms with Gasteiger partial charge in [0, 0.05) is 11.8 Å². The molecule has 2 fully saturated rings. The normalized spacial score (nSPS) is 22.6. The summed E-state index contributed by atoms with van der Waals surface area (Å²) in [6.07, 6.45) is 1.22. The van der Waals surface area contributed by atoms with Crippen molar-refractivity contribution in [2.24, 2.45) is 5.92 Å². The van der Waals surface area contributed by atoms with Crippen molar-refractivity contribution >= 4 is 46.0 Å².